The third kappa shape index (κ3) is 2.88. The minimum absolute atomic E-state index is 0.0727. The molecule has 1 aromatic rings. The smallest absolute Gasteiger partial charge is 0.251 e. The molecule has 1 aliphatic heterocycles. The topological polar surface area (TPSA) is 104 Å². The Balaban J connectivity index is 1.75. The van der Waals surface area contributed by atoms with Gasteiger partial charge in [0.25, 0.3) is 10.0 Å². The van der Waals surface area contributed by atoms with Gasteiger partial charge in [-0.25, -0.2) is 16.8 Å². The van der Waals surface area contributed by atoms with E-state index in [1.165, 1.54) is 6.07 Å². The SMILES string of the molecule is O=S(=O)(NS)c1cc2c(cc1Cl)NC(C1CC3C=CC1C3)NS2(=O)=O. The number of hydrogen-bond donors (Lipinski definition) is 4. The number of benzene rings is 1. The first-order valence-corrected chi connectivity index (χ1v) is 11.5. The molecule has 1 fully saturated rings. The summed E-state index contributed by atoms with van der Waals surface area (Å²) < 4.78 is 53.8. The van der Waals surface area contributed by atoms with Gasteiger partial charge in [-0.15, -0.1) is 0 Å². The fraction of sp³-hybridized carbons (Fsp3) is 0.429. The Labute approximate surface area is 156 Å². The zero-order valence-electron chi connectivity index (χ0n) is 12.8. The van der Waals surface area contributed by atoms with Crippen molar-refractivity contribution in [3.05, 3.63) is 29.3 Å². The lowest BCUT2D eigenvalue weighted by Crippen LogP contribution is -2.50. The van der Waals surface area contributed by atoms with Gasteiger partial charge in [-0.05, 0) is 36.8 Å². The van der Waals surface area contributed by atoms with Crippen molar-refractivity contribution in [3.63, 3.8) is 0 Å². The molecule has 2 bridgehead atoms. The first-order chi connectivity index (χ1) is 11.7. The lowest BCUT2D eigenvalue weighted by molar-refractivity contribution is 0.363. The van der Waals surface area contributed by atoms with Gasteiger partial charge in [-0.3, -0.25) is 0 Å². The van der Waals surface area contributed by atoms with E-state index in [1.807, 2.05) is 4.13 Å². The van der Waals surface area contributed by atoms with Crippen molar-refractivity contribution < 1.29 is 16.8 Å². The van der Waals surface area contributed by atoms with E-state index in [0.29, 0.717) is 17.5 Å². The van der Waals surface area contributed by atoms with E-state index in [0.717, 1.165) is 18.9 Å². The second kappa shape index (κ2) is 5.86. The molecular weight excluding hydrogens is 406 g/mol. The summed E-state index contributed by atoms with van der Waals surface area (Å²) in [6, 6.07) is 2.38. The molecule has 3 aliphatic rings. The zero-order valence-corrected chi connectivity index (χ0v) is 16.1. The number of halogens is 1. The predicted octanol–water partition coefficient (Wildman–Crippen LogP) is 1.71. The van der Waals surface area contributed by atoms with Crippen LogP contribution in [0.2, 0.25) is 5.02 Å². The Morgan fingerprint density at radius 3 is 2.60 bits per heavy atom. The highest BCUT2D eigenvalue weighted by Crippen LogP contribution is 2.46. The maximum Gasteiger partial charge on any atom is 0.251 e. The summed E-state index contributed by atoms with van der Waals surface area (Å²) in [5.41, 5.74) is 0.304. The van der Waals surface area contributed by atoms with Crippen molar-refractivity contribution in [2.45, 2.75) is 28.8 Å². The first-order valence-electron chi connectivity index (χ1n) is 7.68. The van der Waals surface area contributed by atoms with E-state index in [1.54, 1.807) is 0 Å². The Kier molecular flexibility index (Phi) is 4.13. The average Bonchev–Trinajstić information content (AvgIpc) is 3.16. The predicted molar refractivity (Wildman–Crippen MR) is 97.3 cm³/mol. The van der Waals surface area contributed by atoms with Crippen LogP contribution in [0.1, 0.15) is 12.8 Å². The van der Waals surface area contributed by atoms with Gasteiger partial charge in [-0.1, -0.05) is 36.6 Å². The van der Waals surface area contributed by atoms with Crippen LogP contribution >= 0.6 is 24.4 Å². The number of nitrogens with one attached hydrogen (secondary N) is 3. The Morgan fingerprint density at radius 2 is 2.00 bits per heavy atom. The zero-order chi connectivity index (χ0) is 18.0. The van der Waals surface area contributed by atoms with Crippen molar-refractivity contribution in [1.29, 1.82) is 0 Å². The molecule has 3 N–H and O–H groups in total. The van der Waals surface area contributed by atoms with Crippen molar-refractivity contribution in [1.82, 2.24) is 8.85 Å². The summed E-state index contributed by atoms with van der Waals surface area (Å²) in [6.45, 7) is 0. The number of rotatable bonds is 3. The Bertz CT molecular complexity index is 977. The van der Waals surface area contributed by atoms with E-state index >= 15 is 0 Å². The minimum atomic E-state index is -4.00. The molecule has 7 nitrogen and oxygen atoms in total. The monoisotopic (exact) mass is 421 g/mol. The molecule has 25 heavy (non-hydrogen) atoms. The van der Waals surface area contributed by atoms with E-state index in [9.17, 15) is 16.8 Å². The molecule has 0 saturated heterocycles. The number of allylic oxidation sites excluding steroid dienone is 2. The third-order valence-electron chi connectivity index (χ3n) is 5.08. The second-order valence-electron chi connectivity index (χ2n) is 6.56. The Morgan fingerprint density at radius 1 is 1.24 bits per heavy atom. The number of fused-ring (bicyclic) bond motifs is 3. The molecule has 1 saturated carbocycles. The fourth-order valence-electron chi connectivity index (χ4n) is 3.95. The third-order valence-corrected chi connectivity index (χ3v) is 8.87. The largest absolute Gasteiger partial charge is 0.368 e. The van der Waals surface area contributed by atoms with Crippen molar-refractivity contribution in [2.75, 3.05) is 5.32 Å². The molecule has 1 heterocycles. The van der Waals surface area contributed by atoms with Crippen LogP contribution in [0.3, 0.4) is 0 Å². The van der Waals surface area contributed by atoms with Gasteiger partial charge in [-0.2, -0.15) is 8.85 Å². The van der Waals surface area contributed by atoms with Gasteiger partial charge >= 0.3 is 0 Å². The van der Waals surface area contributed by atoms with Gasteiger partial charge in [0.05, 0.1) is 16.9 Å². The first kappa shape index (κ1) is 17.6. The average molecular weight is 422 g/mol. The molecule has 4 atom stereocenters. The van der Waals surface area contributed by atoms with Crippen molar-refractivity contribution in [2.24, 2.45) is 17.8 Å². The van der Waals surface area contributed by atoms with Gasteiger partial charge in [0.15, 0.2) is 0 Å². The normalized spacial score (nSPS) is 32.4. The molecule has 4 unspecified atom stereocenters. The lowest BCUT2D eigenvalue weighted by Gasteiger charge is -2.35. The minimum Gasteiger partial charge on any atom is -0.368 e. The maximum atomic E-state index is 12.7. The Hall–Kier alpha value is -0.780. The van der Waals surface area contributed by atoms with Gasteiger partial charge in [0.2, 0.25) is 10.0 Å². The number of anilines is 1. The highest BCUT2D eigenvalue weighted by atomic mass is 35.5. The van der Waals surface area contributed by atoms with Crippen LogP contribution in [0.25, 0.3) is 0 Å². The van der Waals surface area contributed by atoms with Crippen LogP contribution in [0.5, 0.6) is 0 Å². The van der Waals surface area contributed by atoms with E-state index in [2.05, 4.69) is 35.0 Å². The van der Waals surface area contributed by atoms with Crippen molar-refractivity contribution in [3.8, 4) is 0 Å². The molecule has 0 aromatic heterocycles. The summed E-state index contributed by atoms with van der Waals surface area (Å²) in [5.74, 6) is 0.995. The van der Waals surface area contributed by atoms with E-state index < -0.39 is 26.2 Å². The van der Waals surface area contributed by atoms with Crippen LogP contribution < -0.4 is 14.2 Å². The molecule has 0 spiro atoms. The number of sulfonamides is 2. The van der Waals surface area contributed by atoms with Crippen LogP contribution in [-0.2, 0) is 20.0 Å². The highest BCUT2D eigenvalue weighted by molar-refractivity contribution is 8.00. The summed E-state index contributed by atoms with van der Waals surface area (Å²) >= 11 is 9.61. The van der Waals surface area contributed by atoms with Gasteiger partial charge < -0.3 is 5.32 Å². The molecule has 4 rings (SSSR count). The van der Waals surface area contributed by atoms with Crippen molar-refractivity contribution >= 4 is 50.1 Å². The van der Waals surface area contributed by atoms with Crippen LogP contribution in [0, 0.1) is 17.8 Å². The molecular formula is C14H16ClN3O4S3. The molecule has 1 aromatic carbocycles. The maximum absolute atomic E-state index is 12.7. The lowest BCUT2D eigenvalue weighted by atomic mass is 9.91. The molecule has 0 radical (unpaired) electrons. The second-order valence-corrected chi connectivity index (χ2v) is 10.8. The summed E-state index contributed by atoms with van der Waals surface area (Å²) in [7, 11) is -7.86. The quantitative estimate of drug-likeness (QED) is 0.439. The fourth-order valence-corrected chi connectivity index (χ4v) is 6.85. The van der Waals surface area contributed by atoms with E-state index in [4.69, 9.17) is 11.6 Å². The highest BCUT2D eigenvalue weighted by Gasteiger charge is 2.44. The van der Waals surface area contributed by atoms with Gasteiger partial charge in [0, 0.05) is 5.92 Å². The van der Waals surface area contributed by atoms with E-state index in [-0.39, 0.29) is 20.7 Å². The summed E-state index contributed by atoms with van der Waals surface area (Å²) in [4.78, 5) is -0.481. The summed E-state index contributed by atoms with van der Waals surface area (Å²) in [5, 5.41) is 3.10. The van der Waals surface area contributed by atoms with Crippen LogP contribution in [0.4, 0.5) is 5.69 Å². The molecule has 0 amide bonds. The standard InChI is InChI=1S/C14H16ClN3O4S3/c15-10-5-11-13(6-12(10)25(21,22)18-23)24(19,20)17-14(16-11)9-4-7-1-2-8(9)3-7/h1-2,5-9,14,16-18,23H,3-4H2. The number of thiol groups is 1. The van der Waals surface area contributed by atoms with Crippen LogP contribution in [0.15, 0.2) is 34.1 Å². The van der Waals surface area contributed by atoms with Crippen LogP contribution in [-0.4, -0.2) is 23.0 Å². The molecule has 136 valence electrons. The summed E-state index contributed by atoms with van der Waals surface area (Å²) in [6.07, 6.45) is 5.85. The van der Waals surface area contributed by atoms with Gasteiger partial charge in [0.1, 0.15) is 9.79 Å². The molecule has 2 aliphatic carbocycles. The number of hydrogen-bond acceptors (Lipinski definition) is 6. The molecule has 11 heteroatoms.